The van der Waals surface area contributed by atoms with E-state index in [1.54, 1.807) is 70.0 Å². The number of pyridine rings is 1. The first-order valence-corrected chi connectivity index (χ1v) is 10.9. The number of methoxy groups -OCH3 is 3. The van der Waals surface area contributed by atoms with Gasteiger partial charge in [0.2, 0.25) is 12.5 Å². The van der Waals surface area contributed by atoms with Crippen molar-refractivity contribution in [1.82, 2.24) is 4.98 Å². The first-order chi connectivity index (χ1) is 17.1. The molecule has 35 heavy (non-hydrogen) atoms. The number of nitrogens with zero attached hydrogens (tertiary/aromatic N) is 1. The lowest BCUT2D eigenvalue weighted by Crippen LogP contribution is -2.15. The smallest absolute Gasteiger partial charge is 0.339 e. The number of hydrogen-bond donors (Lipinski definition) is 0. The normalized spacial score (nSPS) is 12.8. The summed E-state index contributed by atoms with van der Waals surface area (Å²) in [5.74, 6) is 2.12. The molecule has 0 spiro atoms. The molecule has 0 fully saturated rings. The lowest BCUT2D eigenvalue weighted by Gasteiger charge is -2.22. The van der Waals surface area contributed by atoms with Crippen LogP contribution in [0, 0.1) is 0 Å². The Morgan fingerprint density at radius 3 is 2.37 bits per heavy atom. The SMILES string of the molecule is COc1cc2c(C(OC(=O)c3ccccc3)c3ccc4c(c3)OCO4)nccc2c(OC)c1OC. The molecule has 1 unspecified atom stereocenters. The summed E-state index contributed by atoms with van der Waals surface area (Å²) in [5.41, 5.74) is 1.60. The van der Waals surface area contributed by atoms with Crippen molar-refractivity contribution in [2.24, 2.45) is 0 Å². The number of esters is 1. The minimum Gasteiger partial charge on any atom is -0.493 e. The number of benzene rings is 3. The monoisotopic (exact) mass is 473 g/mol. The molecule has 0 aliphatic carbocycles. The van der Waals surface area contributed by atoms with Crippen LogP contribution in [-0.4, -0.2) is 39.1 Å². The molecule has 5 rings (SSSR count). The standard InChI is InChI=1S/C27H23NO7/c1-30-22-14-19-18(25(31-2)26(22)32-3)11-12-28-23(19)24(35-27(29)16-7-5-4-6-8-16)17-9-10-20-21(13-17)34-15-33-20/h4-14,24H,15H2,1-3H3. The number of ether oxygens (including phenoxy) is 6. The Bertz CT molecular complexity index is 1390. The fourth-order valence-electron chi connectivity index (χ4n) is 4.13. The largest absolute Gasteiger partial charge is 0.493 e. The molecule has 178 valence electrons. The maximum atomic E-state index is 13.1. The van der Waals surface area contributed by atoms with Crippen LogP contribution in [0.25, 0.3) is 10.8 Å². The van der Waals surface area contributed by atoms with E-state index < -0.39 is 12.1 Å². The summed E-state index contributed by atoms with van der Waals surface area (Å²) in [7, 11) is 4.65. The average Bonchev–Trinajstić information content (AvgIpc) is 3.38. The summed E-state index contributed by atoms with van der Waals surface area (Å²) in [6, 6.07) is 17.8. The van der Waals surface area contributed by atoms with Gasteiger partial charge in [0.05, 0.1) is 32.6 Å². The van der Waals surface area contributed by atoms with E-state index in [9.17, 15) is 4.79 Å². The van der Waals surface area contributed by atoms with E-state index in [2.05, 4.69) is 4.98 Å². The Hall–Kier alpha value is -4.46. The summed E-state index contributed by atoms with van der Waals surface area (Å²) in [5, 5.41) is 1.42. The maximum absolute atomic E-state index is 13.1. The molecule has 0 N–H and O–H groups in total. The number of aromatic nitrogens is 1. The molecule has 0 radical (unpaired) electrons. The van der Waals surface area contributed by atoms with Crippen molar-refractivity contribution in [2.45, 2.75) is 6.10 Å². The summed E-state index contributed by atoms with van der Waals surface area (Å²) in [4.78, 5) is 17.8. The van der Waals surface area contributed by atoms with Gasteiger partial charge in [0.15, 0.2) is 29.1 Å². The van der Waals surface area contributed by atoms with E-state index in [4.69, 9.17) is 28.4 Å². The van der Waals surface area contributed by atoms with Crippen molar-refractivity contribution >= 4 is 16.7 Å². The third-order valence-corrected chi connectivity index (χ3v) is 5.78. The Morgan fingerprint density at radius 2 is 1.63 bits per heavy atom. The third-order valence-electron chi connectivity index (χ3n) is 5.78. The van der Waals surface area contributed by atoms with Crippen molar-refractivity contribution < 1.29 is 33.2 Å². The van der Waals surface area contributed by atoms with Crippen LogP contribution >= 0.6 is 0 Å². The van der Waals surface area contributed by atoms with Gasteiger partial charge < -0.3 is 28.4 Å². The van der Waals surface area contributed by atoms with Crippen molar-refractivity contribution in [3.8, 4) is 28.7 Å². The number of hydrogen-bond acceptors (Lipinski definition) is 8. The molecule has 3 aromatic carbocycles. The Morgan fingerprint density at radius 1 is 0.857 bits per heavy atom. The minimum absolute atomic E-state index is 0.133. The molecule has 0 saturated heterocycles. The van der Waals surface area contributed by atoms with Gasteiger partial charge in [0.1, 0.15) is 0 Å². The van der Waals surface area contributed by atoms with Crippen molar-refractivity contribution in [2.75, 3.05) is 28.1 Å². The van der Waals surface area contributed by atoms with Gasteiger partial charge in [-0.1, -0.05) is 24.3 Å². The van der Waals surface area contributed by atoms with Crippen LogP contribution in [0.1, 0.15) is 27.7 Å². The maximum Gasteiger partial charge on any atom is 0.339 e. The number of carbonyl (C=O) groups excluding carboxylic acids is 1. The minimum atomic E-state index is -0.858. The van der Waals surface area contributed by atoms with Gasteiger partial charge in [-0.25, -0.2) is 4.79 Å². The van der Waals surface area contributed by atoms with Crippen LogP contribution in [-0.2, 0) is 4.74 Å². The topological polar surface area (TPSA) is 85.3 Å². The summed E-state index contributed by atoms with van der Waals surface area (Å²) in [6.45, 7) is 0.133. The van der Waals surface area contributed by atoms with E-state index in [1.807, 2.05) is 18.2 Å². The fourth-order valence-corrected chi connectivity index (χ4v) is 4.13. The fraction of sp³-hybridized carbons (Fsp3) is 0.185. The second-order valence-electron chi connectivity index (χ2n) is 7.70. The number of rotatable bonds is 7. The molecule has 8 nitrogen and oxygen atoms in total. The Labute approximate surface area is 201 Å². The highest BCUT2D eigenvalue weighted by Crippen LogP contribution is 2.46. The molecule has 4 aromatic rings. The molecule has 2 heterocycles. The van der Waals surface area contributed by atoms with E-state index >= 15 is 0 Å². The van der Waals surface area contributed by atoms with Crippen LogP contribution in [0.15, 0.2) is 66.9 Å². The van der Waals surface area contributed by atoms with E-state index in [0.717, 1.165) is 5.39 Å². The van der Waals surface area contributed by atoms with Crippen LogP contribution in [0.5, 0.6) is 28.7 Å². The van der Waals surface area contributed by atoms with Gasteiger partial charge in [-0.05, 0) is 36.4 Å². The van der Waals surface area contributed by atoms with Crippen LogP contribution in [0.3, 0.4) is 0 Å². The molecule has 1 aliphatic rings. The zero-order valence-electron chi connectivity index (χ0n) is 19.4. The lowest BCUT2D eigenvalue weighted by atomic mass is 9.99. The number of carbonyl (C=O) groups is 1. The van der Waals surface area contributed by atoms with Gasteiger partial charge in [-0.15, -0.1) is 0 Å². The molecular weight excluding hydrogens is 450 g/mol. The summed E-state index contributed by atoms with van der Waals surface area (Å²) in [6.07, 6.45) is 0.784. The van der Waals surface area contributed by atoms with Crippen molar-refractivity contribution in [3.05, 3.63) is 83.7 Å². The quantitative estimate of drug-likeness (QED) is 0.349. The number of fused-ring (bicyclic) bond motifs is 2. The highest BCUT2D eigenvalue weighted by atomic mass is 16.7. The van der Waals surface area contributed by atoms with Crippen LogP contribution < -0.4 is 23.7 Å². The second-order valence-corrected chi connectivity index (χ2v) is 7.70. The van der Waals surface area contributed by atoms with E-state index in [-0.39, 0.29) is 6.79 Å². The first kappa shape index (κ1) is 22.3. The lowest BCUT2D eigenvalue weighted by molar-refractivity contribution is 0.0373. The van der Waals surface area contributed by atoms with E-state index in [0.29, 0.717) is 51.0 Å². The molecule has 0 amide bonds. The summed E-state index contributed by atoms with van der Waals surface area (Å²) < 4.78 is 33.9. The molecule has 0 saturated carbocycles. The Kier molecular flexibility index (Phi) is 6.01. The Balaban J connectivity index is 1.70. The first-order valence-electron chi connectivity index (χ1n) is 10.9. The van der Waals surface area contributed by atoms with Gasteiger partial charge >= 0.3 is 5.97 Å². The summed E-state index contributed by atoms with van der Waals surface area (Å²) >= 11 is 0. The van der Waals surface area contributed by atoms with Crippen LogP contribution in [0.2, 0.25) is 0 Å². The van der Waals surface area contributed by atoms with Gasteiger partial charge in [0.25, 0.3) is 0 Å². The van der Waals surface area contributed by atoms with Gasteiger partial charge in [0, 0.05) is 22.5 Å². The zero-order chi connectivity index (χ0) is 24.4. The van der Waals surface area contributed by atoms with Crippen molar-refractivity contribution in [1.29, 1.82) is 0 Å². The predicted octanol–water partition coefficient (Wildman–Crippen LogP) is 4.94. The van der Waals surface area contributed by atoms with Gasteiger partial charge in [-0.2, -0.15) is 0 Å². The highest BCUT2D eigenvalue weighted by Gasteiger charge is 2.28. The van der Waals surface area contributed by atoms with Gasteiger partial charge in [-0.3, -0.25) is 4.98 Å². The predicted molar refractivity (Wildman–Crippen MR) is 128 cm³/mol. The zero-order valence-corrected chi connectivity index (χ0v) is 19.4. The van der Waals surface area contributed by atoms with Crippen LogP contribution in [0.4, 0.5) is 0 Å². The second kappa shape index (κ2) is 9.42. The average molecular weight is 473 g/mol. The molecule has 1 aromatic heterocycles. The highest BCUT2D eigenvalue weighted by molar-refractivity contribution is 5.95. The molecule has 1 aliphatic heterocycles. The van der Waals surface area contributed by atoms with E-state index in [1.165, 1.54) is 0 Å². The molecule has 1 atom stereocenters. The molecule has 0 bridgehead atoms. The molecular formula is C27H23NO7. The molecule has 8 heteroatoms. The third kappa shape index (κ3) is 4.03. The van der Waals surface area contributed by atoms with Crippen molar-refractivity contribution in [3.63, 3.8) is 0 Å².